The maximum absolute atomic E-state index is 4.36. The lowest BCUT2D eigenvalue weighted by atomic mass is 10.0. The van der Waals surface area contributed by atoms with Crippen LogP contribution in [0.1, 0.15) is 17.5 Å². The predicted molar refractivity (Wildman–Crippen MR) is 78.4 cm³/mol. The van der Waals surface area contributed by atoms with Crippen molar-refractivity contribution < 1.29 is 0 Å². The van der Waals surface area contributed by atoms with E-state index in [2.05, 4.69) is 58.9 Å². The van der Waals surface area contributed by atoms with E-state index in [1.54, 1.807) is 0 Å². The van der Waals surface area contributed by atoms with E-state index in [-0.39, 0.29) is 0 Å². The first kappa shape index (κ1) is 12.2. The standard InChI is InChI=1S/C15H20N4/c1-10-3-4-11(2)13(7-10)14-8-15(19-18-14)17-12-5-6-16-9-12/h3-4,7-8,12,16H,5-6,9H2,1-2H3,(H2,17,18,19). The normalized spacial score (nSPS) is 18.7. The van der Waals surface area contributed by atoms with Gasteiger partial charge in [0.15, 0.2) is 0 Å². The molecule has 1 unspecified atom stereocenters. The lowest BCUT2D eigenvalue weighted by molar-refractivity contribution is 0.786. The minimum atomic E-state index is 0.495. The Balaban J connectivity index is 1.82. The zero-order chi connectivity index (χ0) is 13.2. The highest BCUT2D eigenvalue weighted by atomic mass is 15.2. The predicted octanol–water partition coefficient (Wildman–Crippen LogP) is 2.47. The number of hydrogen-bond acceptors (Lipinski definition) is 3. The molecule has 1 aromatic heterocycles. The second-order valence-electron chi connectivity index (χ2n) is 5.32. The van der Waals surface area contributed by atoms with Gasteiger partial charge in [-0.05, 0) is 38.4 Å². The van der Waals surface area contributed by atoms with Crippen molar-refractivity contribution in [2.24, 2.45) is 0 Å². The van der Waals surface area contributed by atoms with Gasteiger partial charge in [-0.25, -0.2) is 0 Å². The van der Waals surface area contributed by atoms with Crippen molar-refractivity contribution in [1.82, 2.24) is 15.5 Å². The molecule has 3 rings (SSSR count). The molecule has 4 nitrogen and oxygen atoms in total. The third-order valence-corrected chi connectivity index (χ3v) is 3.67. The van der Waals surface area contributed by atoms with Gasteiger partial charge in [0.1, 0.15) is 5.82 Å². The summed E-state index contributed by atoms with van der Waals surface area (Å²) in [5.41, 5.74) is 4.84. The molecule has 100 valence electrons. The highest BCUT2D eigenvalue weighted by Gasteiger charge is 2.15. The lowest BCUT2D eigenvalue weighted by Crippen LogP contribution is -2.22. The molecule has 0 bridgehead atoms. The second kappa shape index (κ2) is 5.05. The van der Waals surface area contributed by atoms with E-state index in [0.29, 0.717) is 6.04 Å². The number of anilines is 1. The molecular weight excluding hydrogens is 236 g/mol. The molecule has 1 saturated heterocycles. The van der Waals surface area contributed by atoms with Gasteiger partial charge in [-0.3, -0.25) is 5.10 Å². The molecule has 0 saturated carbocycles. The van der Waals surface area contributed by atoms with Crippen LogP contribution < -0.4 is 10.6 Å². The molecule has 2 heterocycles. The molecule has 1 fully saturated rings. The summed E-state index contributed by atoms with van der Waals surface area (Å²) in [5.74, 6) is 0.935. The molecular formula is C15H20N4. The van der Waals surface area contributed by atoms with E-state index in [9.17, 15) is 0 Å². The molecule has 1 aromatic carbocycles. The van der Waals surface area contributed by atoms with E-state index in [1.807, 2.05) is 0 Å². The van der Waals surface area contributed by atoms with Gasteiger partial charge < -0.3 is 10.6 Å². The van der Waals surface area contributed by atoms with Gasteiger partial charge in [-0.15, -0.1) is 0 Å². The number of H-pyrrole nitrogens is 1. The first-order valence-electron chi connectivity index (χ1n) is 6.82. The van der Waals surface area contributed by atoms with E-state index < -0.39 is 0 Å². The Morgan fingerprint density at radius 1 is 1.26 bits per heavy atom. The second-order valence-corrected chi connectivity index (χ2v) is 5.32. The number of nitrogens with zero attached hydrogens (tertiary/aromatic N) is 1. The quantitative estimate of drug-likeness (QED) is 0.790. The van der Waals surface area contributed by atoms with Crippen LogP contribution in [0, 0.1) is 13.8 Å². The summed E-state index contributed by atoms with van der Waals surface area (Å²) in [6, 6.07) is 9.08. The van der Waals surface area contributed by atoms with Crippen molar-refractivity contribution in [3.8, 4) is 11.3 Å². The number of aryl methyl sites for hydroxylation is 2. The Morgan fingerprint density at radius 3 is 2.95 bits per heavy atom. The van der Waals surface area contributed by atoms with Gasteiger partial charge in [-0.1, -0.05) is 17.7 Å². The fraction of sp³-hybridized carbons (Fsp3) is 0.400. The van der Waals surface area contributed by atoms with Gasteiger partial charge in [0.05, 0.1) is 5.69 Å². The SMILES string of the molecule is Cc1ccc(C)c(-c2cc(NC3CCNC3)n[nH]2)c1. The molecule has 19 heavy (non-hydrogen) atoms. The highest BCUT2D eigenvalue weighted by Crippen LogP contribution is 2.25. The maximum atomic E-state index is 4.36. The van der Waals surface area contributed by atoms with Crippen LogP contribution >= 0.6 is 0 Å². The van der Waals surface area contributed by atoms with Crippen LogP contribution in [0.2, 0.25) is 0 Å². The molecule has 0 aliphatic carbocycles. The van der Waals surface area contributed by atoms with Crippen molar-refractivity contribution in [2.45, 2.75) is 26.3 Å². The van der Waals surface area contributed by atoms with Crippen molar-refractivity contribution in [2.75, 3.05) is 18.4 Å². The Kier molecular flexibility index (Phi) is 3.25. The van der Waals surface area contributed by atoms with E-state index in [1.165, 1.54) is 16.7 Å². The third kappa shape index (κ3) is 2.63. The zero-order valence-corrected chi connectivity index (χ0v) is 11.5. The van der Waals surface area contributed by atoms with Crippen LogP contribution in [0.4, 0.5) is 5.82 Å². The fourth-order valence-corrected chi connectivity index (χ4v) is 2.55. The van der Waals surface area contributed by atoms with Crippen molar-refractivity contribution >= 4 is 5.82 Å². The van der Waals surface area contributed by atoms with E-state index >= 15 is 0 Å². The van der Waals surface area contributed by atoms with Crippen LogP contribution in [0.3, 0.4) is 0 Å². The van der Waals surface area contributed by atoms with Gasteiger partial charge in [0.25, 0.3) is 0 Å². The van der Waals surface area contributed by atoms with Gasteiger partial charge >= 0.3 is 0 Å². The Labute approximate surface area is 113 Å². The topological polar surface area (TPSA) is 52.7 Å². The molecule has 3 N–H and O–H groups in total. The molecule has 0 spiro atoms. The number of benzene rings is 1. The summed E-state index contributed by atoms with van der Waals surface area (Å²) in [5, 5.41) is 14.3. The summed E-state index contributed by atoms with van der Waals surface area (Å²) in [6.07, 6.45) is 1.16. The number of aromatic nitrogens is 2. The third-order valence-electron chi connectivity index (χ3n) is 3.67. The minimum Gasteiger partial charge on any atom is -0.365 e. The highest BCUT2D eigenvalue weighted by molar-refractivity contribution is 5.67. The van der Waals surface area contributed by atoms with Gasteiger partial charge in [0.2, 0.25) is 0 Å². The zero-order valence-electron chi connectivity index (χ0n) is 11.5. The smallest absolute Gasteiger partial charge is 0.148 e. The first-order chi connectivity index (χ1) is 9.22. The Morgan fingerprint density at radius 2 is 2.16 bits per heavy atom. The minimum absolute atomic E-state index is 0.495. The van der Waals surface area contributed by atoms with Crippen molar-refractivity contribution in [3.63, 3.8) is 0 Å². The number of hydrogen-bond donors (Lipinski definition) is 3. The summed E-state index contributed by atoms with van der Waals surface area (Å²) >= 11 is 0. The van der Waals surface area contributed by atoms with E-state index in [0.717, 1.165) is 31.0 Å². The summed E-state index contributed by atoms with van der Waals surface area (Å²) < 4.78 is 0. The van der Waals surface area contributed by atoms with Crippen LogP contribution in [0.15, 0.2) is 24.3 Å². The maximum Gasteiger partial charge on any atom is 0.148 e. The average Bonchev–Trinajstić information content (AvgIpc) is 3.04. The Bertz CT molecular complexity index is 567. The molecule has 1 aliphatic rings. The van der Waals surface area contributed by atoms with E-state index in [4.69, 9.17) is 0 Å². The fourth-order valence-electron chi connectivity index (χ4n) is 2.55. The molecule has 1 aliphatic heterocycles. The van der Waals surface area contributed by atoms with Crippen LogP contribution in [-0.2, 0) is 0 Å². The number of nitrogens with one attached hydrogen (secondary N) is 3. The summed E-state index contributed by atoms with van der Waals surface area (Å²) in [4.78, 5) is 0. The molecule has 0 radical (unpaired) electrons. The van der Waals surface area contributed by atoms with Crippen LogP contribution in [0.5, 0.6) is 0 Å². The Hall–Kier alpha value is -1.81. The summed E-state index contributed by atoms with van der Waals surface area (Å²) in [6.45, 7) is 6.35. The van der Waals surface area contributed by atoms with Crippen LogP contribution in [0.25, 0.3) is 11.3 Å². The molecule has 2 aromatic rings. The van der Waals surface area contributed by atoms with Crippen molar-refractivity contribution in [3.05, 3.63) is 35.4 Å². The largest absolute Gasteiger partial charge is 0.365 e. The monoisotopic (exact) mass is 256 g/mol. The van der Waals surface area contributed by atoms with Gasteiger partial charge in [0, 0.05) is 24.2 Å². The van der Waals surface area contributed by atoms with Crippen LogP contribution in [-0.4, -0.2) is 29.3 Å². The lowest BCUT2D eigenvalue weighted by Gasteiger charge is -2.08. The molecule has 0 amide bonds. The number of aromatic amines is 1. The molecule has 1 atom stereocenters. The van der Waals surface area contributed by atoms with Gasteiger partial charge in [-0.2, -0.15) is 5.10 Å². The summed E-state index contributed by atoms with van der Waals surface area (Å²) in [7, 11) is 0. The number of rotatable bonds is 3. The molecule has 4 heteroatoms. The first-order valence-corrected chi connectivity index (χ1v) is 6.82. The average molecular weight is 256 g/mol. The van der Waals surface area contributed by atoms with Crippen molar-refractivity contribution in [1.29, 1.82) is 0 Å².